The average Bonchev–Trinajstić information content (AvgIpc) is 3.10. The minimum atomic E-state index is 0.315. The van der Waals surface area contributed by atoms with Gasteiger partial charge in [-0.25, -0.2) is 4.98 Å². The zero-order valence-electron chi connectivity index (χ0n) is 13.7. The largest absolute Gasteiger partial charge is 0.493 e. The molecule has 0 radical (unpaired) electrons. The number of allylic oxidation sites excluding steroid dienone is 1. The highest BCUT2D eigenvalue weighted by Crippen LogP contribution is 2.29. The topological polar surface area (TPSA) is 44.5 Å². The van der Waals surface area contributed by atoms with E-state index in [1.165, 1.54) is 0 Å². The van der Waals surface area contributed by atoms with Crippen LogP contribution in [0.5, 0.6) is 11.5 Å². The molecule has 0 N–H and O–H groups in total. The number of oxazole rings is 1. The summed E-state index contributed by atoms with van der Waals surface area (Å²) in [5.41, 5.74) is 2.74. The van der Waals surface area contributed by atoms with Crippen LogP contribution < -0.4 is 9.47 Å². The number of hydrogen-bond acceptors (Lipinski definition) is 4. The third-order valence-electron chi connectivity index (χ3n) is 3.49. The standard InChI is InChI=1S/C20H19NO3/c1-3-7-15-10-11-18(19(12-15)22-2)23-13-17-14-24-20(21-17)16-8-5-4-6-9-16/h3-12,14H,13H2,1-2H3. The van der Waals surface area contributed by atoms with Gasteiger partial charge in [-0.15, -0.1) is 0 Å². The van der Waals surface area contributed by atoms with Crippen LogP contribution in [0, 0.1) is 0 Å². The minimum absolute atomic E-state index is 0.315. The second-order valence-electron chi connectivity index (χ2n) is 5.21. The van der Waals surface area contributed by atoms with Gasteiger partial charge in [-0.1, -0.05) is 36.4 Å². The highest BCUT2D eigenvalue weighted by Gasteiger charge is 2.09. The molecule has 0 aliphatic rings. The lowest BCUT2D eigenvalue weighted by atomic mass is 10.2. The van der Waals surface area contributed by atoms with Crippen LogP contribution in [0.25, 0.3) is 17.5 Å². The summed E-state index contributed by atoms with van der Waals surface area (Å²) in [4.78, 5) is 4.45. The highest BCUT2D eigenvalue weighted by atomic mass is 16.5. The fourth-order valence-electron chi connectivity index (χ4n) is 2.34. The summed E-state index contributed by atoms with van der Waals surface area (Å²) in [6.07, 6.45) is 5.61. The Balaban J connectivity index is 1.71. The van der Waals surface area contributed by atoms with Crippen molar-refractivity contribution in [3.8, 4) is 23.0 Å². The summed E-state index contributed by atoms with van der Waals surface area (Å²) in [6.45, 7) is 2.29. The SMILES string of the molecule is CC=Cc1ccc(OCc2coc(-c3ccccc3)n2)c(OC)c1. The molecule has 4 nitrogen and oxygen atoms in total. The quantitative estimate of drug-likeness (QED) is 0.643. The van der Waals surface area contributed by atoms with E-state index in [0.717, 1.165) is 16.8 Å². The molecule has 0 amide bonds. The Morgan fingerprint density at radius 1 is 1.08 bits per heavy atom. The summed E-state index contributed by atoms with van der Waals surface area (Å²) < 4.78 is 16.7. The average molecular weight is 321 g/mol. The number of benzene rings is 2. The van der Waals surface area contributed by atoms with E-state index in [9.17, 15) is 0 Å². The van der Waals surface area contributed by atoms with Crippen molar-refractivity contribution >= 4 is 6.08 Å². The third kappa shape index (κ3) is 3.66. The van der Waals surface area contributed by atoms with Crippen LogP contribution in [0.2, 0.25) is 0 Å². The zero-order chi connectivity index (χ0) is 16.8. The van der Waals surface area contributed by atoms with Gasteiger partial charge in [0.05, 0.1) is 7.11 Å². The first kappa shape index (κ1) is 15.9. The molecule has 1 aromatic heterocycles. The predicted octanol–water partition coefficient (Wildman–Crippen LogP) is 4.96. The molecule has 0 atom stereocenters. The summed E-state index contributed by atoms with van der Waals surface area (Å²) >= 11 is 0. The molecule has 2 aromatic carbocycles. The van der Waals surface area contributed by atoms with Crippen LogP contribution in [0.1, 0.15) is 18.2 Å². The van der Waals surface area contributed by atoms with Crippen molar-refractivity contribution in [2.24, 2.45) is 0 Å². The first-order valence-electron chi connectivity index (χ1n) is 7.73. The summed E-state index contributed by atoms with van der Waals surface area (Å²) in [5.74, 6) is 1.96. The summed E-state index contributed by atoms with van der Waals surface area (Å²) in [6, 6.07) is 15.6. The van der Waals surface area contributed by atoms with Crippen LogP contribution in [-0.4, -0.2) is 12.1 Å². The zero-order valence-corrected chi connectivity index (χ0v) is 13.7. The van der Waals surface area contributed by atoms with Crippen molar-refractivity contribution in [1.82, 2.24) is 4.98 Å². The predicted molar refractivity (Wildman–Crippen MR) is 94.0 cm³/mol. The third-order valence-corrected chi connectivity index (χ3v) is 3.49. The molecule has 0 saturated heterocycles. The molecule has 0 unspecified atom stereocenters. The first-order chi connectivity index (χ1) is 11.8. The highest BCUT2D eigenvalue weighted by molar-refractivity contribution is 5.56. The van der Waals surface area contributed by atoms with Gasteiger partial charge in [0, 0.05) is 5.56 Å². The maximum Gasteiger partial charge on any atom is 0.226 e. The normalized spacial score (nSPS) is 10.9. The van der Waals surface area contributed by atoms with Crippen molar-refractivity contribution in [3.05, 3.63) is 72.1 Å². The Bertz CT molecular complexity index is 822. The van der Waals surface area contributed by atoms with Gasteiger partial charge in [0.1, 0.15) is 18.6 Å². The fourth-order valence-corrected chi connectivity index (χ4v) is 2.34. The van der Waals surface area contributed by atoms with Crippen molar-refractivity contribution in [1.29, 1.82) is 0 Å². The second-order valence-corrected chi connectivity index (χ2v) is 5.21. The van der Waals surface area contributed by atoms with E-state index in [2.05, 4.69) is 4.98 Å². The number of hydrogen-bond donors (Lipinski definition) is 0. The number of rotatable bonds is 6. The van der Waals surface area contributed by atoms with Crippen LogP contribution in [0.3, 0.4) is 0 Å². The Hall–Kier alpha value is -3.01. The number of nitrogens with zero attached hydrogens (tertiary/aromatic N) is 1. The molecular weight excluding hydrogens is 302 g/mol. The minimum Gasteiger partial charge on any atom is -0.493 e. The van der Waals surface area contributed by atoms with Crippen molar-refractivity contribution in [2.75, 3.05) is 7.11 Å². The molecule has 3 aromatic rings. The fraction of sp³-hybridized carbons (Fsp3) is 0.150. The summed E-state index contributed by atoms with van der Waals surface area (Å²) in [5, 5.41) is 0. The lowest BCUT2D eigenvalue weighted by Crippen LogP contribution is -1.98. The van der Waals surface area contributed by atoms with Crippen LogP contribution >= 0.6 is 0 Å². The maximum absolute atomic E-state index is 5.82. The van der Waals surface area contributed by atoms with E-state index in [4.69, 9.17) is 13.9 Å². The molecule has 0 aliphatic carbocycles. The molecule has 3 rings (SSSR count). The number of aromatic nitrogens is 1. The van der Waals surface area contributed by atoms with Gasteiger partial charge in [-0.05, 0) is 36.8 Å². The molecule has 0 bridgehead atoms. The van der Waals surface area contributed by atoms with E-state index in [1.54, 1.807) is 13.4 Å². The second kappa shape index (κ2) is 7.51. The Morgan fingerprint density at radius 2 is 1.92 bits per heavy atom. The molecule has 0 saturated carbocycles. The van der Waals surface area contributed by atoms with Gasteiger partial charge in [-0.2, -0.15) is 0 Å². The Morgan fingerprint density at radius 3 is 2.67 bits per heavy atom. The summed E-state index contributed by atoms with van der Waals surface area (Å²) in [7, 11) is 1.63. The van der Waals surface area contributed by atoms with E-state index >= 15 is 0 Å². The lowest BCUT2D eigenvalue weighted by Gasteiger charge is -2.10. The van der Waals surface area contributed by atoms with Crippen molar-refractivity contribution < 1.29 is 13.9 Å². The molecule has 0 fully saturated rings. The van der Waals surface area contributed by atoms with Crippen LogP contribution in [0.4, 0.5) is 0 Å². The number of methoxy groups -OCH3 is 1. The lowest BCUT2D eigenvalue weighted by molar-refractivity contribution is 0.280. The molecule has 4 heteroatoms. The molecule has 0 spiro atoms. The van der Waals surface area contributed by atoms with Gasteiger partial charge in [0.25, 0.3) is 0 Å². The van der Waals surface area contributed by atoms with Crippen LogP contribution in [-0.2, 0) is 6.61 Å². The van der Waals surface area contributed by atoms with E-state index < -0.39 is 0 Å². The van der Waals surface area contributed by atoms with Crippen molar-refractivity contribution in [3.63, 3.8) is 0 Å². The van der Waals surface area contributed by atoms with Crippen LogP contribution in [0.15, 0.2) is 65.3 Å². The molecular formula is C20H19NO3. The number of ether oxygens (including phenoxy) is 2. The van der Waals surface area contributed by atoms with E-state index in [1.807, 2.05) is 67.6 Å². The smallest absolute Gasteiger partial charge is 0.226 e. The Kier molecular flexibility index (Phi) is 4.96. The van der Waals surface area contributed by atoms with E-state index in [0.29, 0.717) is 24.0 Å². The van der Waals surface area contributed by atoms with Gasteiger partial charge >= 0.3 is 0 Å². The van der Waals surface area contributed by atoms with Gasteiger partial charge in [-0.3, -0.25) is 0 Å². The first-order valence-corrected chi connectivity index (χ1v) is 7.73. The van der Waals surface area contributed by atoms with E-state index in [-0.39, 0.29) is 0 Å². The maximum atomic E-state index is 5.82. The van der Waals surface area contributed by atoms with Gasteiger partial charge in [0.15, 0.2) is 11.5 Å². The molecule has 1 heterocycles. The van der Waals surface area contributed by atoms with Gasteiger partial charge in [0.2, 0.25) is 5.89 Å². The van der Waals surface area contributed by atoms with Crippen molar-refractivity contribution in [2.45, 2.75) is 13.5 Å². The Labute approximate surface area is 141 Å². The molecule has 24 heavy (non-hydrogen) atoms. The molecule has 122 valence electrons. The monoisotopic (exact) mass is 321 g/mol. The molecule has 0 aliphatic heterocycles. The van der Waals surface area contributed by atoms with Gasteiger partial charge < -0.3 is 13.9 Å².